The van der Waals surface area contributed by atoms with Gasteiger partial charge in [0.05, 0.1) is 22.4 Å². The van der Waals surface area contributed by atoms with E-state index >= 15 is 0 Å². The number of aromatic nitrogens is 4. The number of nitrogens with one attached hydrogen (secondary N) is 2. The van der Waals surface area contributed by atoms with Gasteiger partial charge in [-0.3, -0.25) is 0 Å². The summed E-state index contributed by atoms with van der Waals surface area (Å²) in [7, 11) is -1.51. The quantitative estimate of drug-likeness (QED) is 0.493. The third-order valence-electron chi connectivity index (χ3n) is 4.18. The lowest BCUT2D eigenvalue weighted by atomic mass is 10.1. The van der Waals surface area contributed by atoms with Crippen LogP contribution in [0.4, 0.5) is 21.0 Å². The summed E-state index contributed by atoms with van der Waals surface area (Å²) in [5, 5.41) is 24.1. The first kappa shape index (κ1) is 17.0. The summed E-state index contributed by atoms with van der Waals surface area (Å²) >= 11 is 0. The Bertz CT molecular complexity index is 1270. The van der Waals surface area contributed by atoms with Gasteiger partial charge in [0.25, 0.3) is 4.83 Å². The highest BCUT2D eigenvalue weighted by Crippen LogP contribution is 2.52. The second-order valence-corrected chi connectivity index (χ2v) is 7.66. The van der Waals surface area contributed by atoms with Crippen molar-refractivity contribution in [2.24, 2.45) is 0 Å². The van der Waals surface area contributed by atoms with Crippen molar-refractivity contribution in [2.45, 2.75) is 0 Å². The topological polar surface area (TPSA) is 142 Å². The van der Waals surface area contributed by atoms with Crippen molar-refractivity contribution < 1.29 is 19.4 Å². The first-order valence-corrected chi connectivity index (χ1v) is 9.53. The number of pyridine rings is 2. The highest BCUT2D eigenvalue weighted by atomic mass is 32.2. The molecule has 2 amide bonds. The maximum absolute atomic E-state index is 12.0. The van der Waals surface area contributed by atoms with Crippen LogP contribution in [0.15, 0.2) is 48.9 Å². The van der Waals surface area contributed by atoms with Gasteiger partial charge in [-0.05, 0) is 24.3 Å². The number of carbonyl (C=O) groups excluding carboxylic acids is 2. The van der Waals surface area contributed by atoms with Crippen LogP contribution in [0.2, 0.25) is 0 Å². The number of nitrogens with zero attached hydrogens (tertiary/aromatic N) is 4. The van der Waals surface area contributed by atoms with Gasteiger partial charge in [0.1, 0.15) is 22.5 Å². The van der Waals surface area contributed by atoms with Crippen molar-refractivity contribution in [1.29, 1.82) is 0 Å². The summed E-state index contributed by atoms with van der Waals surface area (Å²) in [6, 6.07) is 7.71. The summed E-state index contributed by atoms with van der Waals surface area (Å²) in [4.78, 5) is 33.2. The molecule has 1 aliphatic rings. The molecular weight excluding hydrogens is 396 g/mol. The maximum atomic E-state index is 12.0. The first-order chi connectivity index (χ1) is 14.1. The standard InChI is InChI=1S/C18H10N6O4S/c25-17-22-10-5-7-19-16-13(10)14(23-17)15(29(16)18(26)27)11-4-3-9(8-20-11)28-12-2-1-6-21-24-12/h1-8H,(H2-,19,20,22,23,25,26,27). The molecule has 0 bridgehead atoms. The van der Waals surface area contributed by atoms with Crippen LogP contribution in [-0.2, 0) is 0 Å². The van der Waals surface area contributed by atoms with E-state index in [0.29, 0.717) is 43.8 Å². The molecule has 0 aromatic carbocycles. The van der Waals surface area contributed by atoms with Crippen LogP contribution in [0, 0.1) is 0 Å². The van der Waals surface area contributed by atoms with E-state index in [1.165, 1.54) is 18.6 Å². The van der Waals surface area contributed by atoms with Crippen molar-refractivity contribution in [3.63, 3.8) is 0 Å². The molecule has 142 valence electrons. The van der Waals surface area contributed by atoms with Crippen molar-refractivity contribution in [3.05, 3.63) is 48.9 Å². The minimum absolute atomic E-state index is 0.297. The predicted octanol–water partition coefficient (Wildman–Crippen LogP) is 2.78. The van der Waals surface area contributed by atoms with Crippen LogP contribution in [0.3, 0.4) is 0 Å². The number of carboxylic acid groups (broad SMARTS) is 1. The van der Waals surface area contributed by atoms with Gasteiger partial charge in [-0.1, -0.05) is 0 Å². The van der Waals surface area contributed by atoms with E-state index in [-0.39, 0.29) is 0 Å². The first-order valence-electron chi connectivity index (χ1n) is 8.31. The molecule has 0 spiro atoms. The summed E-state index contributed by atoms with van der Waals surface area (Å²) in [6.45, 7) is 0. The monoisotopic (exact) mass is 406 g/mol. The minimum Gasteiger partial charge on any atom is -0.500 e. The molecule has 10 nitrogen and oxygen atoms in total. The van der Waals surface area contributed by atoms with E-state index in [1.807, 2.05) is 0 Å². The molecule has 11 heteroatoms. The average Bonchev–Trinajstić information content (AvgIpc) is 3.05. The molecule has 4 aromatic rings. The number of thiophene rings is 1. The summed E-state index contributed by atoms with van der Waals surface area (Å²) in [6.07, 6.45) is 4.42. The van der Waals surface area contributed by atoms with Crippen LogP contribution in [0.5, 0.6) is 11.6 Å². The highest BCUT2D eigenvalue weighted by Gasteiger charge is 2.37. The second kappa shape index (κ2) is 6.49. The zero-order chi connectivity index (χ0) is 20.0. The number of hydrogen-bond acceptors (Lipinski definition) is 8. The Morgan fingerprint density at radius 3 is 2.72 bits per heavy atom. The molecule has 0 radical (unpaired) electrons. The molecule has 2 N–H and O–H groups in total. The van der Waals surface area contributed by atoms with Gasteiger partial charge in [-0.15, -0.1) is 5.10 Å². The number of hydrogen-bond donors (Lipinski definition) is 2. The number of anilines is 2. The van der Waals surface area contributed by atoms with Crippen LogP contribution < -0.4 is 20.5 Å². The Hall–Kier alpha value is -4.12. The van der Waals surface area contributed by atoms with Crippen LogP contribution in [0.25, 0.3) is 20.8 Å². The third-order valence-corrected chi connectivity index (χ3v) is 6.03. The van der Waals surface area contributed by atoms with Crippen LogP contribution in [0.1, 0.15) is 0 Å². The molecule has 0 aliphatic carbocycles. The minimum atomic E-state index is -1.51. The van der Waals surface area contributed by atoms with E-state index in [4.69, 9.17) is 4.74 Å². The van der Waals surface area contributed by atoms with E-state index in [0.717, 1.165) is 0 Å². The fraction of sp³-hybridized carbons (Fsp3) is 0. The van der Waals surface area contributed by atoms with E-state index in [9.17, 15) is 14.7 Å². The lowest BCUT2D eigenvalue weighted by molar-refractivity contribution is -0.233. The number of ether oxygens (including phenoxy) is 1. The summed E-state index contributed by atoms with van der Waals surface area (Å²) < 4.78 is 5.56. The molecule has 0 saturated carbocycles. The van der Waals surface area contributed by atoms with Crippen molar-refractivity contribution >= 4 is 43.4 Å². The molecule has 1 unspecified atom stereocenters. The van der Waals surface area contributed by atoms with E-state index in [1.54, 1.807) is 30.3 Å². The van der Waals surface area contributed by atoms with Crippen molar-refractivity contribution in [3.8, 4) is 22.2 Å². The van der Waals surface area contributed by atoms with Crippen molar-refractivity contribution in [2.75, 3.05) is 10.6 Å². The number of amides is 2. The number of rotatable bonds is 4. The predicted molar refractivity (Wildman–Crippen MR) is 103 cm³/mol. The van der Waals surface area contributed by atoms with Gasteiger partial charge in [0.15, 0.2) is 0 Å². The Kier molecular flexibility index (Phi) is 3.81. The number of urea groups is 1. The highest BCUT2D eigenvalue weighted by molar-refractivity contribution is 7.57. The lowest BCUT2D eigenvalue weighted by Crippen LogP contribution is -2.23. The zero-order valence-electron chi connectivity index (χ0n) is 14.4. The largest absolute Gasteiger partial charge is 0.500 e. The third kappa shape index (κ3) is 2.80. The molecule has 0 saturated heterocycles. The van der Waals surface area contributed by atoms with Gasteiger partial charge >= 0.3 is 11.3 Å². The van der Waals surface area contributed by atoms with Crippen LogP contribution >= 0.6 is 10.5 Å². The fourth-order valence-corrected chi connectivity index (χ4v) is 4.86. The smallest absolute Gasteiger partial charge is 0.323 e. The average molecular weight is 406 g/mol. The Balaban J connectivity index is 1.64. The summed E-state index contributed by atoms with van der Waals surface area (Å²) in [5.74, 6) is 0.697. The normalized spacial score (nSPS) is 13.0. The fourth-order valence-electron chi connectivity index (χ4n) is 3.07. The zero-order valence-corrected chi connectivity index (χ0v) is 15.3. The molecule has 29 heavy (non-hydrogen) atoms. The van der Waals surface area contributed by atoms with Gasteiger partial charge in [-0.25, -0.2) is 14.8 Å². The van der Waals surface area contributed by atoms with E-state index in [2.05, 4.69) is 30.8 Å². The molecular formula is C18H10N6O4S. The van der Waals surface area contributed by atoms with Gasteiger partial charge < -0.3 is 25.3 Å². The van der Waals surface area contributed by atoms with Gasteiger partial charge in [-0.2, -0.15) is 5.10 Å². The molecule has 5 heterocycles. The Morgan fingerprint density at radius 2 is 2.00 bits per heavy atom. The summed E-state index contributed by atoms with van der Waals surface area (Å²) in [5.41, 5.74) is 1.23. The van der Waals surface area contributed by atoms with Gasteiger partial charge in [0, 0.05) is 18.5 Å². The van der Waals surface area contributed by atoms with Gasteiger partial charge in [0.2, 0.25) is 10.8 Å². The van der Waals surface area contributed by atoms with Crippen LogP contribution in [-0.4, -0.2) is 31.5 Å². The number of carbonyl (C=O) groups is 2. The Morgan fingerprint density at radius 1 is 1.10 bits per heavy atom. The molecule has 0 fully saturated rings. The lowest BCUT2D eigenvalue weighted by Gasteiger charge is -2.13. The Labute approximate surface area is 165 Å². The van der Waals surface area contributed by atoms with E-state index < -0.39 is 21.8 Å². The molecule has 5 rings (SSSR count). The van der Waals surface area contributed by atoms with Crippen molar-refractivity contribution in [1.82, 2.24) is 20.2 Å². The molecule has 1 atom stereocenters. The maximum Gasteiger partial charge on any atom is 0.323 e. The second-order valence-electron chi connectivity index (χ2n) is 5.92. The molecule has 1 aliphatic heterocycles. The SMILES string of the molecule is O=C1Nc2ccnc3c2c(c(-c2ccc(Oc4cccnn4)cn2)[s+]3C(=O)[O-])N1. The molecule has 4 aromatic heterocycles.